The summed E-state index contributed by atoms with van der Waals surface area (Å²) in [5.41, 5.74) is 8.35. The van der Waals surface area contributed by atoms with Crippen molar-refractivity contribution in [3.05, 3.63) is 29.8 Å². The zero-order chi connectivity index (χ0) is 14.8. The Kier molecular flexibility index (Phi) is 3.92. The van der Waals surface area contributed by atoms with Crippen LogP contribution in [0.15, 0.2) is 24.3 Å². The van der Waals surface area contributed by atoms with Crippen LogP contribution in [0.1, 0.15) is 38.2 Å². The van der Waals surface area contributed by atoms with E-state index in [9.17, 15) is 0 Å². The van der Waals surface area contributed by atoms with Crippen LogP contribution in [0.25, 0.3) is 11.4 Å². The quantitative estimate of drug-likeness (QED) is 0.909. The molecule has 0 aliphatic carbocycles. The first kappa shape index (κ1) is 14.1. The molecule has 0 unspecified atom stereocenters. The highest BCUT2D eigenvalue weighted by Gasteiger charge is 2.19. The molecule has 0 atom stereocenters. The molecule has 0 amide bonds. The molecule has 0 radical (unpaired) electrons. The summed E-state index contributed by atoms with van der Waals surface area (Å²) in [6.07, 6.45) is 2.01. The highest BCUT2D eigenvalue weighted by Crippen LogP contribution is 2.22. The van der Waals surface area contributed by atoms with E-state index in [1.807, 2.05) is 0 Å². The van der Waals surface area contributed by atoms with Crippen molar-refractivity contribution in [1.82, 2.24) is 15.2 Å². The summed E-state index contributed by atoms with van der Waals surface area (Å²) in [4.78, 5) is 6.82. The topological polar surface area (TPSA) is 70.8 Å². The van der Waals surface area contributed by atoms with Gasteiger partial charge in [-0.3, -0.25) is 5.10 Å². The van der Waals surface area contributed by atoms with E-state index in [1.165, 1.54) is 5.56 Å². The van der Waals surface area contributed by atoms with Crippen LogP contribution in [-0.4, -0.2) is 34.3 Å². The zero-order valence-corrected chi connectivity index (χ0v) is 12.7. The summed E-state index contributed by atoms with van der Waals surface area (Å²) in [5, 5.41) is 7.39. The molecule has 1 aromatic heterocycles. The molecule has 0 saturated carbocycles. The Morgan fingerprint density at radius 1 is 1.19 bits per heavy atom. The van der Waals surface area contributed by atoms with Gasteiger partial charge in [-0.1, -0.05) is 38.1 Å². The van der Waals surface area contributed by atoms with Crippen LogP contribution < -0.4 is 10.6 Å². The first-order valence-electron chi connectivity index (χ1n) is 7.67. The standard InChI is InChI=1S/C16H23N5/c1-11(2)12-3-5-13(6-4-12)15-18-16(20-19-15)21-9-7-14(17)8-10-21/h3-6,11,14H,7-10,17H2,1-2H3,(H,18,19,20). The van der Waals surface area contributed by atoms with E-state index in [0.29, 0.717) is 12.0 Å². The Labute approximate surface area is 125 Å². The fourth-order valence-corrected chi connectivity index (χ4v) is 2.65. The first-order valence-corrected chi connectivity index (χ1v) is 7.67. The van der Waals surface area contributed by atoms with Gasteiger partial charge in [-0.15, -0.1) is 5.10 Å². The van der Waals surface area contributed by atoms with E-state index in [-0.39, 0.29) is 0 Å². The number of nitrogens with two attached hydrogens (primary N) is 1. The van der Waals surface area contributed by atoms with Gasteiger partial charge in [0.1, 0.15) is 0 Å². The van der Waals surface area contributed by atoms with Crippen molar-refractivity contribution < 1.29 is 0 Å². The second kappa shape index (κ2) is 5.85. The number of aromatic amines is 1. The normalized spacial score (nSPS) is 16.7. The van der Waals surface area contributed by atoms with Crippen LogP contribution in [0, 0.1) is 0 Å². The maximum Gasteiger partial charge on any atom is 0.245 e. The molecule has 21 heavy (non-hydrogen) atoms. The molecule has 0 bridgehead atoms. The fraction of sp³-hybridized carbons (Fsp3) is 0.500. The molecule has 3 rings (SSSR count). The van der Waals surface area contributed by atoms with Gasteiger partial charge in [0.2, 0.25) is 5.95 Å². The van der Waals surface area contributed by atoms with Crippen molar-refractivity contribution in [2.24, 2.45) is 5.73 Å². The molecular weight excluding hydrogens is 262 g/mol. The van der Waals surface area contributed by atoms with E-state index in [1.54, 1.807) is 0 Å². The maximum absolute atomic E-state index is 5.93. The number of benzene rings is 1. The summed E-state index contributed by atoms with van der Waals surface area (Å²) in [6, 6.07) is 8.84. The average molecular weight is 285 g/mol. The number of nitrogens with one attached hydrogen (secondary N) is 1. The highest BCUT2D eigenvalue weighted by atomic mass is 15.4. The number of hydrogen-bond acceptors (Lipinski definition) is 4. The van der Waals surface area contributed by atoms with E-state index in [0.717, 1.165) is 43.3 Å². The third kappa shape index (κ3) is 3.08. The minimum atomic E-state index is 0.322. The van der Waals surface area contributed by atoms with E-state index >= 15 is 0 Å². The molecule has 1 saturated heterocycles. The minimum absolute atomic E-state index is 0.322. The number of H-pyrrole nitrogens is 1. The number of aromatic nitrogens is 3. The van der Waals surface area contributed by atoms with Crippen LogP contribution in [0.5, 0.6) is 0 Å². The van der Waals surface area contributed by atoms with Crippen molar-refractivity contribution in [3.8, 4) is 11.4 Å². The lowest BCUT2D eigenvalue weighted by atomic mass is 10.0. The van der Waals surface area contributed by atoms with Gasteiger partial charge in [0.25, 0.3) is 0 Å². The molecular formula is C16H23N5. The van der Waals surface area contributed by atoms with E-state index in [4.69, 9.17) is 5.73 Å². The van der Waals surface area contributed by atoms with Crippen molar-refractivity contribution in [1.29, 1.82) is 0 Å². The second-order valence-corrected chi connectivity index (χ2v) is 6.09. The summed E-state index contributed by atoms with van der Waals surface area (Å²) < 4.78 is 0. The predicted octanol–water partition coefficient (Wildman–Crippen LogP) is 2.52. The number of nitrogens with zero attached hydrogens (tertiary/aromatic N) is 3. The lowest BCUT2D eigenvalue weighted by Gasteiger charge is -2.28. The van der Waals surface area contributed by atoms with Gasteiger partial charge >= 0.3 is 0 Å². The van der Waals surface area contributed by atoms with Gasteiger partial charge in [0, 0.05) is 24.7 Å². The van der Waals surface area contributed by atoms with Crippen LogP contribution in [-0.2, 0) is 0 Å². The predicted molar refractivity (Wildman–Crippen MR) is 85.3 cm³/mol. The summed E-state index contributed by atoms with van der Waals surface area (Å²) in [7, 11) is 0. The second-order valence-electron chi connectivity index (χ2n) is 6.09. The van der Waals surface area contributed by atoms with Gasteiger partial charge in [-0.25, -0.2) is 0 Å². The number of anilines is 1. The molecule has 5 heteroatoms. The Morgan fingerprint density at radius 3 is 2.48 bits per heavy atom. The monoisotopic (exact) mass is 285 g/mol. The van der Waals surface area contributed by atoms with Gasteiger partial charge in [0.05, 0.1) is 0 Å². The van der Waals surface area contributed by atoms with Crippen molar-refractivity contribution >= 4 is 5.95 Å². The Morgan fingerprint density at radius 2 is 1.86 bits per heavy atom. The number of piperidine rings is 1. The smallest absolute Gasteiger partial charge is 0.245 e. The third-order valence-electron chi connectivity index (χ3n) is 4.15. The van der Waals surface area contributed by atoms with E-state index in [2.05, 4.69) is 58.2 Å². The highest BCUT2D eigenvalue weighted by molar-refractivity contribution is 5.57. The molecule has 2 aromatic rings. The Hall–Kier alpha value is -1.88. The Balaban J connectivity index is 1.75. The van der Waals surface area contributed by atoms with E-state index < -0.39 is 0 Å². The lowest BCUT2D eigenvalue weighted by Crippen LogP contribution is -2.40. The molecule has 112 valence electrons. The molecule has 3 N–H and O–H groups in total. The maximum atomic E-state index is 5.93. The largest absolute Gasteiger partial charge is 0.339 e. The Bertz CT molecular complexity index is 579. The summed E-state index contributed by atoms with van der Waals surface area (Å²) in [5.74, 6) is 2.15. The van der Waals surface area contributed by atoms with Gasteiger partial charge in [-0.2, -0.15) is 4.98 Å². The fourth-order valence-electron chi connectivity index (χ4n) is 2.65. The SMILES string of the molecule is CC(C)c1ccc(-c2nc(N3CCC(N)CC3)n[nH]2)cc1. The van der Waals surface area contributed by atoms with Crippen molar-refractivity contribution in [2.45, 2.75) is 38.6 Å². The van der Waals surface area contributed by atoms with Crippen LogP contribution in [0.3, 0.4) is 0 Å². The number of hydrogen-bond donors (Lipinski definition) is 2. The average Bonchev–Trinajstić information content (AvgIpc) is 2.98. The van der Waals surface area contributed by atoms with Gasteiger partial charge in [0.15, 0.2) is 5.82 Å². The van der Waals surface area contributed by atoms with Crippen LogP contribution in [0.2, 0.25) is 0 Å². The summed E-state index contributed by atoms with van der Waals surface area (Å²) in [6.45, 7) is 6.26. The molecule has 2 heterocycles. The molecule has 1 aliphatic heterocycles. The molecule has 1 aliphatic rings. The van der Waals surface area contributed by atoms with Crippen molar-refractivity contribution in [3.63, 3.8) is 0 Å². The number of rotatable bonds is 3. The third-order valence-corrected chi connectivity index (χ3v) is 4.15. The first-order chi connectivity index (χ1) is 10.1. The summed E-state index contributed by atoms with van der Waals surface area (Å²) >= 11 is 0. The lowest BCUT2D eigenvalue weighted by molar-refractivity contribution is 0.496. The molecule has 0 spiro atoms. The zero-order valence-electron chi connectivity index (χ0n) is 12.7. The van der Waals surface area contributed by atoms with Gasteiger partial charge in [-0.05, 0) is 24.3 Å². The molecule has 5 nitrogen and oxygen atoms in total. The molecule has 1 fully saturated rings. The van der Waals surface area contributed by atoms with Crippen molar-refractivity contribution in [2.75, 3.05) is 18.0 Å². The van der Waals surface area contributed by atoms with Crippen LogP contribution in [0.4, 0.5) is 5.95 Å². The van der Waals surface area contributed by atoms with Gasteiger partial charge < -0.3 is 10.6 Å². The minimum Gasteiger partial charge on any atom is -0.339 e. The van der Waals surface area contributed by atoms with Crippen LogP contribution >= 0.6 is 0 Å². The molecule has 1 aromatic carbocycles.